The van der Waals surface area contributed by atoms with Gasteiger partial charge in [-0.1, -0.05) is 19.1 Å². The van der Waals surface area contributed by atoms with Crippen LogP contribution in [0.2, 0.25) is 0 Å². The minimum absolute atomic E-state index is 0.0667. The highest BCUT2D eigenvalue weighted by atomic mass is 32.1. The van der Waals surface area contributed by atoms with E-state index in [2.05, 4.69) is 0 Å². The van der Waals surface area contributed by atoms with Gasteiger partial charge >= 0.3 is 0 Å². The Morgan fingerprint density at radius 3 is 2.63 bits per heavy atom. The van der Waals surface area contributed by atoms with Gasteiger partial charge in [0.15, 0.2) is 0 Å². The van der Waals surface area contributed by atoms with Gasteiger partial charge in [-0.25, -0.2) is 0 Å². The SMILES string of the molecule is CCN(CC(C)C(N)=S)C(=O)c1cc(O)ccc1O. The van der Waals surface area contributed by atoms with E-state index in [9.17, 15) is 15.0 Å². The van der Waals surface area contributed by atoms with Crippen LogP contribution in [-0.4, -0.2) is 39.1 Å². The average Bonchev–Trinajstić information content (AvgIpc) is 2.37. The first kappa shape index (κ1) is 15.2. The number of phenols is 2. The summed E-state index contributed by atoms with van der Waals surface area (Å²) in [6.07, 6.45) is 0. The molecule has 0 saturated carbocycles. The average molecular weight is 282 g/mol. The molecule has 1 rings (SSSR count). The largest absolute Gasteiger partial charge is 0.508 e. The summed E-state index contributed by atoms with van der Waals surface area (Å²) in [6, 6.07) is 3.85. The highest BCUT2D eigenvalue weighted by Crippen LogP contribution is 2.23. The molecule has 1 aromatic rings. The van der Waals surface area contributed by atoms with E-state index >= 15 is 0 Å². The Kier molecular flexibility index (Phi) is 5.11. The molecule has 1 aromatic carbocycles. The number of nitrogens with zero attached hydrogens (tertiary/aromatic N) is 1. The predicted molar refractivity (Wildman–Crippen MR) is 77.3 cm³/mol. The van der Waals surface area contributed by atoms with Gasteiger partial charge in [-0.05, 0) is 25.1 Å². The number of carbonyl (C=O) groups is 1. The molecule has 4 N–H and O–H groups in total. The van der Waals surface area contributed by atoms with Crippen molar-refractivity contribution in [2.75, 3.05) is 13.1 Å². The van der Waals surface area contributed by atoms with E-state index in [1.807, 2.05) is 13.8 Å². The molecular weight excluding hydrogens is 264 g/mol. The van der Waals surface area contributed by atoms with Crippen molar-refractivity contribution in [1.29, 1.82) is 0 Å². The minimum atomic E-state index is -0.362. The summed E-state index contributed by atoms with van der Waals surface area (Å²) in [4.78, 5) is 14.1. The first-order valence-electron chi connectivity index (χ1n) is 5.97. The van der Waals surface area contributed by atoms with Crippen LogP contribution in [-0.2, 0) is 0 Å². The van der Waals surface area contributed by atoms with Gasteiger partial charge in [0, 0.05) is 19.0 Å². The maximum absolute atomic E-state index is 12.3. The summed E-state index contributed by atoms with van der Waals surface area (Å²) in [5, 5.41) is 19.1. The lowest BCUT2D eigenvalue weighted by molar-refractivity contribution is 0.0751. The molecule has 0 aliphatic carbocycles. The lowest BCUT2D eigenvalue weighted by Gasteiger charge is -2.24. The number of benzene rings is 1. The lowest BCUT2D eigenvalue weighted by atomic mass is 10.1. The van der Waals surface area contributed by atoms with E-state index < -0.39 is 0 Å². The summed E-state index contributed by atoms with van der Waals surface area (Å²) in [7, 11) is 0. The van der Waals surface area contributed by atoms with Crippen LogP contribution in [0.5, 0.6) is 11.5 Å². The van der Waals surface area contributed by atoms with Crippen molar-refractivity contribution in [1.82, 2.24) is 4.90 Å². The van der Waals surface area contributed by atoms with Gasteiger partial charge in [-0.15, -0.1) is 0 Å². The highest BCUT2D eigenvalue weighted by Gasteiger charge is 2.20. The standard InChI is InChI=1S/C13H18N2O3S/c1-3-15(7-8(2)12(14)19)13(18)10-6-9(16)4-5-11(10)17/h4-6,8,16-17H,3,7H2,1-2H3,(H2,14,19). The minimum Gasteiger partial charge on any atom is -0.508 e. The van der Waals surface area contributed by atoms with Crippen LogP contribution in [0.15, 0.2) is 18.2 Å². The molecule has 0 bridgehead atoms. The van der Waals surface area contributed by atoms with Crippen LogP contribution >= 0.6 is 12.2 Å². The van der Waals surface area contributed by atoms with Gasteiger partial charge in [0.05, 0.1) is 10.6 Å². The van der Waals surface area contributed by atoms with Gasteiger partial charge < -0.3 is 20.8 Å². The third kappa shape index (κ3) is 3.82. The Hall–Kier alpha value is -1.82. The number of hydrogen-bond acceptors (Lipinski definition) is 4. The van der Waals surface area contributed by atoms with Gasteiger partial charge in [0.1, 0.15) is 11.5 Å². The Morgan fingerprint density at radius 2 is 2.11 bits per heavy atom. The Morgan fingerprint density at radius 1 is 1.47 bits per heavy atom. The molecule has 0 aromatic heterocycles. The van der Waals surface area contributed by atoms with E-state index in [-0.39, 0.29) is 28.9 Å². The number of aromatic hydroxyl groups is 2. The summed E-state index contributed by atoms with van der Waals surface area (Å²) >= 11 is 4.88. The fraction of sp³-hybridized carbons (Fsp3) is 0.385. The first-order valence-corrected chi connectivity index (χ1v) is 6.38. The van der Waals surface area contributed by atoms with E-state index in [0.29, 0.717) is 18.1 Å². The molecule has 5 nitrogen and oxygen atoms in total. The van der Waals surface area contributed by atoms with Crippen LogP contribution in [0.1, 0.15) is 24.2 Å². The van der Waals surface area contributed by atoms with Gasteiger partial charge in [-0.2, -0.15) is 0 Å². The van der Waals surface area contributed by atoms with Crippen molar-refractivity contribution in [3.8, 4) is 11.5 Å². The number of phenolic OH excluding ortho intramolecular Hbond substituents is 2. The molecular formula is C13H18N2O3S. The Labute approximate surface area is 117 Å². The lowest BCUT2D eigenvalue weighted by Crippen LogP contribution is -2.38. The predicted octanol–water partition coefficient (Wildman–Crippen LogP) is 1.48. The molecule has 1 unspecified atom stereocenters. The van der Waals surface area contributed by atoms with Crippen LogP contribution < -0.4 is 5.73 Å². The van der Waals surface area contributed by atoms with Crippen molar-refractivity contribution in [2.45, 2.75) is 13.8 Å². The molecule has 1 atom stereocenters. The van der Waals surface area contributed by atoms with Gasteiger partial charge in [0.2, 0.25) is 0 Å². The van der Waals surface area contributed by atoms with Crippen LogP contribution in [0.25, 0.3) is 0 Å². The second-order valence-corrected chi connectivity index (χ2v) is 4.82. The Bertz CT molecular complexity index is 491. The zero-order chi connectivity index (χ0) is 14.6. The number of rotatable bonds is 5. The molecule has 6 heteroatoms. The third-order valence-electron chi connectivity index (χ3n) is 2.86. The van der Waals surface area contributed by atoms with E-state index in [4.69, 9.17) is 18.0 Å². The monoisotopic (exact) mass is 282 g/mol. The second kappa shape index (κ2) is 6.38. The van der Waals surface area contributed by atoms with Crippen molar-refractivity contribution in [2.24, 2.45) is 11.7 Å². The maximum Gasteiger partial charge on any atom is 0.257 e. The molecule has 19 heavy (non-hydrogen) atoms. The molecule has 0 aliphatic heterocycles. The van der Waals surface area contributed by atoms with E-state index in [1.165, 1.54) is 23.1 Å². The number of carbonyl (C=O) groups excluding carboxylic acids is 1. The molecule has 0 spiro atoms. The van der Waals surface area contributed by atoms with Crippen molar-refractivity contribution >= 4 is 23.1 Å². The summed E-state index contributed by atoms with van der Waals surface area (Å²) in [5.74, 6) is -0.707. The van der Waals surface area contributed by atoms with Crippen LogP contribution in [0.3, 0.4) is 0 Å². The zero-order valence-corrected chi connectivity index (χ0v) is 11.8. The molecule has 0 aliphatic rings. The number of thiocarbonyl (C=S) groups is 1. The van der Waals surface area contributed by atoms with E-state index in [0.717, 1.165) is 0 Å². The zero-order valence-electron chi connectivity index (χ0n) is 11.0. The van der Waals surface area contributed by atoms with Crippen LogP contribution in [0, 0.1) is 5.92 Å². The quantitative estimate of drug-likeness (QED) is 0.562. The number of amides is 1. The van der Waals surface area contributed by atoms with Gasteiger partial charge in [-0.3, -0.25) is 4.79 Å². The van der Waals surface area contributed by atoms with Crippen molar-refractivity contribution < 1.29 is 15.0 Å². The van der Waals surface area contributed by atoms with Crippen LogP contribution in [0.4, 0.5) is 0 Å². The first-order chi connectivity index (χ1) is 8.86. The topological polar surface area (TPSA) is 86.8 Å². The second-order valence-electron chi connectivity index (χ2n) is 4.35. The molecule has 0 radical (unpaired) electrons. The summed E-state index contributed by atoms with van der Waals surface area (Å²) in [5.41, 5.74) is 5.60. The summed E-state index contributed by atoms with van der Waals surface area (Å²) < 4.78 is 0. The maximum atomic E-state index is 12.3. The number of hydrogen-bond donors (Lipinski definition) is 3. The molecule has 0 saturated heterocycles. The molecule has 0 fully saturated rings. The van der Waals surface area contributed by atoms with Gasteiger partial charge in [0.25, 0.3) is 5.91 Å². The highest BCUT2D eigenvalue weighted by molar-refractivity contribution is 7.80. The molecule has 0 heterocycles. The normalized spacial score (nSPS) is 11.9. The number of nitrogens with two attached hydrogens (primary N) is 1. The molecule has 1 amide bonds. The van der Waals surface area contributed by atoms with E-state index in [1.54, 1.807) is 0 Å². The van der Waals surface area contributed by atoms with Crippen molar-refractivity contribution in [3.05, 3.63) is 23.8 Å². The van der Waals surface area contributed by atoms with Crippen molar-refractivity contribution in [3.63, 3.8) is 0 Å². The fourth-order valence-corrected chi connectivity index (χ4v) is 1.72. The smallest absolute Gasteiger partial charge is 0.257 e. The molecule has 104 valence electrons. The fourth-order valence-electron chi connectivity index (χ4n) is 1.64. The summed E-state index contributed by atoms with van der Waals surface area (Å²) in [6.45, 7) is 4.49. The Balaban J connectivity index is 2.95. The third-order valence-corrected chi connectivity index (χ3v) is 3.26.